The lowest BCUT2D eigenvalue weighted by Gasteiger charge is -2.16. The van der Waals surface area contributed by atoms with Crippen LogP contribution < -0.4 is 0 Å². The molecule has 10 heteroatoms. The molecule has 0 aliphatic carbocycles. The summed E-state index contributed by atoms with van der Waals surface area (Å²) in [6, 6.07) is -1.28. The van der Waals surface area contributed by atoms with Gasteiger partial charge in [-0.05, 0) is 12.1 Å². The van der Waals surface area contributed by atoms with Crippen molar-refractivity contribution in [2.75, 3.05) is 0 Å². The molecule has 1 rings (SSSR count). The van der Waals surface area contributed by atoms with Gasteiger partial charge in [0.2, 0.25) is 5.75 Å². The molecule has 19 heavy (non-hydrogen) atoms. The minimum absolute atomic E-state index is 0.641. The number of alkyl halides is 9. The quantitative estimate of drug-likeness (QED) is 0.608. The Kier molecular flexibility index (Phi) is 3.42. The second-order valence-electron chi connectivity index (χ2n) is 3.39. The van der Waals surface area contributed by atoms with E-state index < -0.39 is 53.1 Å². The summed E-state index contributed by atoms with van der Waals surface area (Å²) >= 11 is 0. The van der Waals surface area contributed by atoms with Crippen molar-refractivity contribution in [3.8, 4) is 5.75 Å². The van der Waals surface area contributed by atoms with Crippen LogP contribution in [0.25, 0.3) is 0 Å². The maximum atomic E-state index is 12.3. The molecule has 1 aromatic rings. The molecule has 1 nitrogen and oxygen atoms in total. The van der Waals surface area contributed by atoms with Gasteiger partial charge in [-0.2, -0.15) is 39.5 Å². The van der Waals surface area contributed by atoms with Crippen molar-refractivity contribution < 1.29 is 44.6 Å². The molecule has 1 aromatic carbocycles. The Morgan fingerprint density at radius 2 is 0.947 bits per heavy atom. The molecule has 0 saturated carbocycles. The third kappa shape index (κ3) is 3.24. The largest absolute Gasteiger partial charge is 0.420 e. The lowest BCUT2D eigenvalue weighted by atomic mass is 10.0. The van der Waals surface area contributed by atoms with Crippen LogP contribution in [0.4, 0.5) is 39.5 Å². The van der Waals surface area contributed by atoms with E-state index in [4.69, 9.17) is 0 Å². The molecule has 0 amide bonds. The van der Waals surface area contributed by atoms with Crippen LogP contribution in [0.15, 0.2) is 12.1 Å². The monoisotopic (exact) mass is 297 g/mol. The topological polar surface area (TPSA) is 19.9 Å². The first-order valence-electron chi connectivity index (χ1n) is 4.31. The van der Waals surface area contributed by atoms with Gasteiger partial charge in [0.05, 0.1) is 5.56 Å². The summed E-state index contributed by atoms with van der Waals surface area (Å²) in [4.78, 5) is 0. The van der Waals surface area contributed by atoms with Gasteiger partial charge in [0.25, 0.3) is 0 Å². The van der Waals surface area contributed by atoms with Gasteiger partial charge in [-0.1, -0.05) is 0 Å². The SMILES string of the molecule is [O]c1c(C(F)(F)F)cc(C(F)(F)F)cc1C(F)(F)F. The third-order valence-electron chi connectivity index (χ3n) is 2.03. The van der Waals surface area contributed by atoms with Crippen molar-refractivity contribution in [2.24, 2.45) is 0 Å². The number of hydrogen-bond donors (Lipinski definition) is 0. The maximum absolute atomic E-state index is 12.3. The molecule has 0 bridgehead atoms. The summed E-state index contributed by atoms with van der Waals surface area (Å²) in [5.74, 6) is -2.53. The molecular formula is C9H2F9O. The van der Waals surface area contributed by atoms with Gasteiger partial charge in [0.1, 0.15) is 11.1 Å². The van der Waals surface area contributed by atoms with Gasteiger partial charge >= 0.3 is 18.5 Å². The van der Waals surface area contributed by atoms with E-state index in [0.717, 1.165) is 0 Å². The van der Waals surface area contributed by atoms with Crippen LogP contribution in [0.3, 0.4) is 0 Å². The van der Waals surface area contributed by atoms with E-state index in [1.165, 1.54) is 0 Å². The molecule has 0 unspecified atom stereocenters. The highest BCUT2D eigenvalue weighted by atomic mass is 19.4. The Balaban J connectivity index is 3.68. The summed E-state index contributed by atoms with van der Waals surface area (Å²) in [5, 5.41) is 10.9. The minimum atomic E-state index is -5.61. The number of benzene rings is 1. The molecule has 0 spiro atoms. The number of rotatable bonds is 0. The van der Waals surface area contributed by atoms with Crippen molar-refractivity contribution in [1.82, 2.24) is 0 Å². The van der Waals surface area contributed by atoms with Gasteiger partial charge in [-0.15, -0.1) is 0 Å². The summed E-state index contributed by atoms with van der Waals surface area (Å²) in [6.07, 6.45) is -16.7. The van der Waals surface area contributed by atoms with Crippen LogP contribution in [-0.2, 0) is 23.6 Å². The second kappa shape index (κ2) is 4.20. The first kappa shape index (κ1) is 15.4. The van der Waals surface area contributed by atoms with E-state index in [-0.39, 0.29) is 0 Å². The summed E-state index contributed by atoms with van der Waals surface area (Å²) in [5.41, 5.74) is -7.20. The van der Waals surface area contributed by atoms with Crippen molar-refractivity contribution in [3.63, 3.8) is 0 Å². The smallest absolute Gasteiger partial charge is 0.289 e. The fourth-order valence-electron chi connectivity index (χ4n) is 1.21. The van der Waals surface area contributed by atoms with Crippen molar-refractivity contribution >= 4 is 0 Å². The van der Waals surface area contributed by atoms with Crippen LogP contribution in [-0.4, -0.2) is 0 Å². The highest BCUT2D eigenvalue weighted by molar-refractivity contribution is 5.47. The zero-order valence-electron chi connectivity index (χ0n) is 8.46. The Bertz CT molecular complexity index is 445. The summed E-state index contributed by atoms with van der Waals surface area (Å²) < 4.78 is 110. The highest BCUT2D eigenvalue weighted by Crippen LogP contribution is 2.46. The van der Waals surface area contributed by atoms with E-state index in [0.29, 0.717) is 0 Å². The van der Waals surface area contributed by atoms with E-state index in [9.17, 15) is 44.6 Å². The van der Waals surface area contributed by atoms with Crippen LogP contribution >= 0.6 is 0 Å². The van der Waals surface area contributed by atoms with Crippen molar-refractivity contribution in [1.29, 1.82) is 0 Å². The predicted octanol–water partition coefficient (Wildman–Crippen LogP) is 4.89. The number of halogens is 9. The van der Waals surface area contributed by atoms with Crippen LogP contribution in [0.5, 0.6) is 5.75 Å². The zero-order valence-corrected chi connectivity index (χ0v) is 8.46. The molecule has 0 aromatic heterocycles. The first-order chi connectivity index (χ1) is 8.24. The van der Waals surface area contributed by atoms with Crippen molar-refractivity contribution in [3.05, 3.63) is 28.8 Å². The predicted molar refractivity (Wildman–Crippen MR) is 41.6 cm³/mol. The molecule has 0 aliphatic heterocycles. The average Bonchev–Trinajstić information content (AvgIpc) is 2.11. The molecule has 0 saturated heterocycles. The normalized spacial score (nSPS) is 13.7. The molecular weight excluding hydrogens is 295 g/mol. The van der Waals surface area contributed by atoms with E-state index >= 15 is 0 Å². The van der Waals surface area contributed by atoms with Gasteiger partial charge in [0.15, 0.2) is 0 Å². The van der Waals surface area contributed by atoms with Gasteiger partial charge < -0.3 is 0 Å². The van der Waals surface area contributed by atoms with E-state index in [1.54, 1.807) is 0 Å². The number of hydrogen-bond acceptors (Lipinski definition) is 0. The summed E-state index contributed by atoms with van der Waals surface area (Å²) in [7, 11) is 0. The molecule has 0 fully saturated rings. The Hall–Kier alpha value is -1.61. The fraction of sp³-hybridized carbons (Fsp3) is 0.333. The molecule has 0 aliphatic rings. The van der Waals surface area contributed by atoms with Crippen molar-refractivity contribution in [2.45, 2.75) is 18.5 Å². The van der Waals surface area contributed by atoms with Crippen LogP contribution in [0.2, 0.25) is 0 Å². The molecule has 1 radical (unpaired) electrons. The highest BCUT2D eigenvalue weighted by Gasteiger charge is 2.45. The molecule has 0 heterocycles. The first-order valence-corrected chi connectivity index (χ1v) is 4.31. The Morgan fingerprint density at radius 1 is 0.632 bits per heavy atom. The molecule has 107 valence electrons. The maximum Gasteiger partial charge on any atom is 0.420 e. The Labute approximate surface area is 98.8 Å². The summed E-state index contributed by atoms with van der Waals surface area (Å²) in [6.45, 7) is 0. The fourth-order valence-corrected chi connectivity index (χ4v) is 1.21. The van der Waals surface area contributed by atoms with Gasteiger partial charge in [-0.25, -0.2) is 0 Å². The van der Waals surface area contributed by atoms with Crippen LogP contribution in [0, 0.1) is 0 Å². The molecule has 0 N–H and O–H groups in total. The second-order valence-corrected chi connectivity index (χ2v) is 3.39. The standard InChI is InChI=1S/C9H2F9O/c10-7(11,12)3-1-4(8(13,14)15)6(19)5(2-3)9(16,17)18/h1-2H. The molecule has 0 atom stereocenters. The lowest BCUT2D eigenvalue weighted by Crippen LogP contribution is -2.15. The average molecular weight is 297 g/mol. The van der Waals surface area contributed by atoms with E-state index in [1.807, 2.05) is 0 Å². The third-order valence-corrected chi connectivity index (χ3v) is 2.03. The van der Waals surface area contributed by atoms with Crippen LogP contribution in [0.1, 0.15) is 16.7 Å². The van der Waals surface area contributed by atoms with Gasteiger partial charge in [0, 0.05) is 0 Å². The minimum Gasteiger partial charge on any atom is -0.289 e. The Morgan fingerprint density at radius 3 is 1.16 bits per heavy atom. The zero-order chi connectivity index (χ0) is 15.2. The lowest BCUT2D eigenvalue weighted by molar-refractivity contribution is -0.150. The van der Waals surface area contributed by atoms with Gasteiger partial charge in [-0.3, -0.25) is 5.11 Å². The van der Waals surface area contributed by atoms with E-state index in [2.05, 4.69) is 0 Å².